The number of alkyl halides is 1. The zero-order chi connectivity index (χ0) is 7.40. The lowest BCUT2D eigenvalue weighted by molar-refractivity contribution is 0.267. The molecule has 0 amide bonds. The molecular weight excluding hydrogens is 129 g/mol. The van der Waals surface area contributed by atoms with Gasteiger partial charge in [0.25, 0.3) is 0 Å². The average Bonchev–Trinajstić information content (AvgIpc) is 1.94. The normalized spacial score (nSPS) is 34.2. The molecule has 0 aromatic carbocycles. The molecule has 0 heterocycles. The standard InChI is InChI=1S/C8H16FN/c9-6-5-7-3-1-2-4-8(7)10/h7-8H,1-6,10H2. The van der Waals surface area contributed by atoms with Crippen LogP contribution in [0.2, 0.25) is 0 Å². The largest absolute Gasteiger partial charge is 0.327 e. The lowest BCUT2D eigenvalue weighted by Crippen LogP contribution is -2.33. The van der Waals surface area contributed by atoms with Gasteiger partial charge < -0.3 is 5.73 Å². The van der Waals surface area contributed by atoms with E-state index in [0.717, 1.165) is 12.8 Å². The molecule has 60 valence electrons. The second kappa shape index (κ2) is 3.91. The lowest BCUT2D eigenvalue weighted by Gasteiger charge is -2.27. The van der Waals surface area contributed by atoms with Gasteiger partial charge in [0, 0.05) is 6.04 Å². The van der Waals surface area contributed by atoms with E-state index in [1.807, 2.05) is 0 Å². The van der Waals surface area contributed by atoms with E-state index < -0.39 is 0 Å². The van der Waals surface area contributed by atoms with Crippen molar-refractivity contribution in [2.75, 3.05) is 6.67 Å². The molecule has 0 aliphatic heterocycles. The minimum absolute atomic E-state index is 0.196. The molecule has 0 radical (unpaired) electrons. The molecule has 2 atom stereocenters. The Kier molecular flexibility index (Phi) is 3.13. The summed E-state index contributed by atoms with van der Waals surface area (Å²) in [6.07, 6.45) is 5.42. The molecule has 1 aliphatic rings. The van der Waals surface area contributed by atoms with Crippen LogP contribution in [0.3, 0.4) is 0 Å². The van der Waals surface area contributed by atoms with Crippen LogP contribution >= 0.6 is 0 Å². The maximum absolute atomic E-state index is 11.9. The van der Waals surface area contributed by atoms with Crippen LogP contribution in [-0.4, -0.2) is 12.7 Å². The van der Waals surface area contributed by atoms with Crippen LogP contribution < -0.4 is 5.73 Å². The quantitative estimate of drug-likeness (QED) is 0.630. The Bertz CT molecular complexity index is 93.3. The average molecular weight is 145 g/mol. The third-order valence-electron chi connectivity index (χ3n) is 2.45. The first-order chi connectivity index (χ1) is 4.84. The monoisotopic (exact) mass is 145 g/mol. The molecule has 0 saturated heterocycles. The molecule has 0 spiro atoms. The summed E-state index contributed by atoms with van der Waals surface area (Å²) in [4.78, 5) is 0. The summed E-state index contributed by atoms with van der Waals surface area (Å²) >= 11 is 0. The van der Waals surface area contributed by atoms with Crippen molar-refractivity contribution in [3.63, 3.8) is 0 Å². The van der Waals surface area contributed by atoms with Crippen molar-refractivity contribution in [1.82, 2.24) is 0 Å². The number of nitrogens with two attached hydrogens (primary N) is 1. The Morgan fingerprint density at radius 1 is 1.30 bits per heavy atom. The molecule has 0 aromatic rings. The van der Waals surface area contributed by atoms with E-state index in [2.05, 4.69) is 0 Å². The molecule has 1 nitrogen and oxygen atoms in total. The van der Waals surface area contributed by atoms with Gasteiger partial charge in [-0.3, -0.25) is 4.39 Å². The van der Waals surface area contributed by atoms with E-state index in [-0.39, 0.29) is 12.7 Å². The SMILES string of the molecule is NC1CCCCC1CCF. The van der Waals surface area contributed by atoms with Crippen LogP contribution in [0.1, 0.15) is 32.1 Å². The minimum atomic E-state index is -0.196. The predicted molar refractivity (Wildman–Crippen MR) is 40.5 cm³/mol. The minimum Gasteiger partial charge on any atom is -0.327 e. The lowest BCUT2D eigenvalue weighted by atomic mass is 9.83. The highest BCUT2D eigenvalue weighted by atomic mass is 19.1. The van der Waals surface area contributed by atoms with Crippen molar-refractivity contribution >= 4 is 0 Å². The summed E-state index contributed by atoms with van der Waals surface area (Å²) < 4.78 is 11.9. The van der Waals surface area contributed by atoms with Gasteiger partial charge in [0.1, 0.15) is 0 Å². The Labute approximate surface area is 61.8 Å². The smallest absolute Gasteiger partial charge is 0.0897 e. The van der Waals surface area contributed by atoms with Crippen LogP contribution in [0.15, 0.2) is 0 Å². The van der Waals surface area contributed by atoms with E-state index in [0.29, 0.717) is 12.3 Å². The molecule has 0 aromatic heterocycles. The van der Waals surface area contributed by atoms with Gasteiger partial charge in [-0.25, -0.2) is 0 Å². The Morgan fingerprint density at radius 3 is 2.60 bits per heavy atom. The molecule has 2 N–H and O–H groups in total. The zero-order valence-electron chi connectivity index (χ0n) is 6.35. The van der Waals surface area contributed by atoms with Crippen LogP contribution in [0.4, 0.5) is 4.39 Å². The summed E-state index contributed by atoms with van der Waals surface area (Å²) in [6, 6.07) is 0.282. The Balaban J connectivity index is 2.25. The maximum atomic E-state index is 11.9. The van der Waals surface area contributed by atoms with Gasteiger partial charge in [-0.2, -0.15) is 0 Å². The highest BCUT2D eigenvalue weighted by Gasteiger charge is 2.20. The Hall–Kier alpha value is -0.110. The number of rotatable bonds is 2. The topological polar surface area (TPSA) is 26.0 Å². The van der Waals surface area contributed by atoms with Gasteiger partial charge in [-0.15, -0.1) is 0 Å². The fourth-order valence-corrected chi connectivity index (χ4v) is 1.73. The summed E-state index contributed by atoms with van der Waals surface area (Å²) in [6.45, 7) is -0.196. The van der Waals surface area contributed by atoms with E-state index in [4.69, 9.17) is 5.73 Å². The van der Waals surface area contributed by atoms with Gasteiger partial charge in [-0.1, -0.05) is 12.8 Å². The molecular formula is C8H16FN. The van der Waals surface area contributed by atoms with E-state index in [9.17, 15) is 4.39 Å². The first kappa shape index (κ1) is 7.99. The first-order valence-corrected chi connectivity index (χ1v) is 4.16. The second-order valence-corrected chi connectivity index (χ2v) is 3.19. The van der Waals surface area contributed by atoms with E-state index in [1.54, 1.807) is 0 Å². The molecule has 1 aliphatic carbocycles. The molecule has 1 rings (SSSR count). The Morgan fingerprint density at radius 2 is 2.00 bits per heavy atom. The second-order valence-electron chi connectivity index (χ2n) is 3.19. The molecule has 1 fully saturated rings. The van der Waals surface area contributed by atoms with E-state index in [1.165, 1.54) is 12.8 Å². The van der Waals surface area contributed by atoms with Crippen LogP contribution in [0.5, 0.6) is 0 Å². The van der Waals surface area contributed by atoms with Gasteiger partial charge in [0.15, 0.2) is 0 Å². The van der Waals surface area contributed by atoms with Crippen molar-refractivity contribution in [2.24, 2.45) is 11.7 Å². The first-order valence-electron chi connectivity index (χ1n) is 4.16. The van der Waals surface area contributed by atoms with Crippen molar-refractivity contribution in [3.05, 3.63) is 0 Å². The molecule has 10 heavy (non-hydrogen) atoms. The molecule has 1 saturated carbocycles. The van der Waals surface area contributed by atoms with Crippen molar-refractivity contribution in [2.45, 2.75) is 38.1 Å². The fraction of sp³-hybridized carbons (Fsp3) is 1.00. The third-order valence-corrected chi connectivity index (χ3v) is 2.45. The van der Waals surface area contributed by atoms with Crippen molar-refractivity contribution in [3.8, 4) is 0 Å². The fourth-order valence-electron chi connectivity index (χ4n) is 1.73. The van der Waals surface area contributed by atoms with Gasteiger partial charge in [0.05, 0.1) is 6.67 Å². The van der Waals surface area contributed by atoms with E-state index >= 15 is 0 Å². The maximum Gasteiger partial charge on any atom is 0.0897 e. The predicted octanol–water partition coefficient (Wildman–Crippen LogP) is 1.86. The molecule has 0 bridgehead atoms. The summed E-state index contributed by atoms with van der Waals surface area (Å²) in [5.74, 6) is 0.471. The number of hydrogen-bond acceptors (Lipinski definition) is 1. The molecule has 2 heteroatoms. The summed E-state index contributed by atoms with van der Waals surface area (Å²) in [7, 11) is 0. The van der Waals surface area contributed by atoms with Gasteiger partial charge in [-0.05, 0) is 25.2 Å². The van der Waals surface area contributed by atoms with Crippen LogP contribution in [-0.2, 0) is 0 Å². The highest BCUT2D eigenvalue weighted by Crippen LogP contribution is 2.25. The molecule has 2 unspecified atom stereocenters. The van der Waals surface area contributed by atoms with Crippen LogP contribution in [0.25, 0.3) is 0 Å². The zero-order valence-corrected chi connectivity index (χ0v) is 6.35. The highest BCUT2D eigenvalue weighted by molar-refractivity contribution is 4.77. The number of hydrogen-bond donors (Lipinski definition) is 1. The number of halogens is 1. The van der Waals surface area contributed by atoms with Gasteiger partial charge in [0.2, 0.25) is 0 Å². The summed E-state index contributed by atoms with van der Waals surface area (Å²) in [5, 5.41) is 0. The van der Waals surface area contributed by atoms with Crippen molar-refractivity contribution in [1.29, 1.82) is 0 Å². The summed E-state index contributed by atoms with van der Waals surface area (Å²) in [5.41, 5.74) is 5.80. The third kappa shape index (κ3) is 1.94. The van der Waals surface area contributed by atoms with Crippen LogP contribution in [0, 0.1) is 5.92 Å². The van der Waals surface area contributed by atoms with Gasteiger partial charge >= 0.3 is 0 Å². The van der Waals surface area contributed by atoms with Crippen molar-refractivity contribution < 1.29 is 4.39 Å².